The summed E-state index contributed by atoms with van der Waals surface area (Å²) in [5.74, 6) is 0. The summed E-state index contributed by atoms with van der Waals surface area (Å²) >= 11 is 0. The number of likely N-dealkylation sites (N-methyl/N-ethyl adjacent to an activating group) is 1. The van der Waals surface area contributed by atoms with E-state index in [-0.39, 0.29) is 71.2 Å². The Morgan fingerprint density at radius 1 is 1.40 bits per heavy atom. The maximum atomic E-state index is 9.83. The van der Waals surface area contributed by atoms with E-state index in [1.54, 1.807) is 0 Å². The smallest absolute Gasteiger partial charge is 0.870 e. The molecule has 0 bridgehead atoms. The van der Waals surface area contributed by atoms with E-state index in [9.17, 15) is 5.11 Å². The van der Waals surface area contributed by atoms with E-state index in [0.29, 0.717) is 6.54 Å². The maximum Gasteiger partial charge on any atom is 1.00 e. The molecule has 0 amide bonds. The van der Waals surface area contributed by atoms with Crippen LogP contribution in [-0.2, 0) is 0 Å². The van der Waals surface area contributed by atoms with Crippen LogP contribution in [0.25, 0.3) is 0 Å². The van der Waals surface area contributed by atoms with Crippen molar-refractivity contribution in [2.24, 2.45) is 0 Å². The summed E-state index contributed by atoms with van der Waals surface area (Å²) in [5, 5.41) is 9.83. The van der Waals surface area contributed by atoms with Gasteiger partial charge in [-0.1, -0.05) is 0 Å². The van der Waals surface area contributed by atoms with Gasteiger partial charge in [-0.05, 0) is 13.6 Å². The molecule has 0 fully saturated rings. The van der Waals surface area contributed by atoms with Gasteiger partial charge in [0.05, 0.1) is 0 Å². The summed E-state index contributed by atoms with van der Waals surface area (Å²) in [6.45, 7) is 4.91. The summed E-state index contributed by atoms with van der Waals surface area (Å²) in [4.78, 5) is 1.88. The van der Waals surface area contributed by atoms with Crippen LogP contribution in [0.2, 0.25) is 0 Å². The van der Waals surface area contributed by atoms with Gasteiger partial charge >= 0.3 is 59.1 Å². The van der Waals surface area contributed by atoms with Crippen molar-refractivity contribution in [1.82, 2.24) is 4.90 Å². The van der Waals surface area contributed by atoms with Crippen molar-refractivity contribution in [3.8, 4) is 0 Å². The average molecular weight is 164 g/mol. The molecule has 0 spiro atoms. The zero-order chi connectivity index (χ0) is 5.70. The van der Waals surface area contributed by atoms with Crippen LogP contribution < -0.4 is 64.2 Å². The number of hydrogen-bond acceptors (Lipinski definition) is 3. The number of rotatable bonds is 3. The molecule has 0 heterocycles. The van der Waals surface area contributed by atoms with Gasteiger partial charge in [-0.25, -0.2) is 0 Å². The predicted octanol–water partition coefficient (Wildman–Crippen LogP) is -7.06. The second kappa shape index (κ2) is 17.1. The van der Waals surface area contributed by atoms with E-state index < -0.39 is 0 Å². The molecule has 0 aromatic carbocycles. The van der Waals surface area contributed by atoms with Gasteiger partial charge in [-0.3, -0.25) is 0 Å². The molecule has 1 N–H and O–H groups in total. The van der Waals surface area contributed by atoms with E-state index in [2.05, 4.69) is 6.92 Å². The first kappa shape index (κ1) is 22.6. The summed E-state index contributed by atoms with van der Waals surface area (Å²) in [6, 6.07) is 0. The Morgan fingerprint density at radius 2 is 1.80 bits per heavy atom. The summed E-state index contributed by atoms with van der Waals surface area (Å²) in [6.07, 6.45) is 0. The fourth-order valence-electron chi connectivity index (χ4n) is 0.268. The third kappa shape index (κ3) is 16.5. The Morgan fingerprint density at radius 3 is 1.90 bits per heavy atom. The minimum atomic E-state index is -0.0218. The van der Waals surface area contributed by atoms with Crippen LogP contribution in [-0.4, -0.2) is 37.1 Å². The van der Waals surface area contributed by atoms with Gasteiger partial charge in [-0.15, -0.1) is 13.2 Å². The third-order valence-electron chi connectivity index (χ3n) is 0.855. The van der Waals surface area contributed by atoms with Gasteiger partial charge in [0.2, 0.25) is 0 Å². The van der Waals surface area contributed by atoms with Crippen molar-refractivity contribution in [3.63, 3.8) is 0 Å². The van der Waals surface area contributed by atoms with E-state index in [1.807, 2.05) is 11.9 Å². The molecule has 10 heavy (non-hydrogen) atoms. The van der Waals surface area contributed by atoms with Gasteiger partial charge in [0.15, 0.2) is 0 Å². The van der Waals surface area contributed by atoms with Crippen molar-refractivity contribution in [2.75, 3.05) is 26.7 Å². The van der Waals surface area contributed by atoms with E-state index in [0.717, 1.165) is 6.54 Å². The van der Waals surface area contributed by atoms with Gasteiger partial charge in [0, 0.05) is 0 Å². The maximum absolute atomic E-state index is 9.83. The van der Waals surface area contributed by atoms with Crippen LogP contribution >= 0.6 is 0 Å². The van der Waals surface area contributed by atoms with Gasteiger partial charge in [-0.2, -0.15) is 0 Å². The Hall–Kier alpha value is 1.88. The van der Waals surface area contributed by atoms with Gasteiger partial charge in [0.1, 0.15) is 0 Å². The Labute approximate surface area is 107 Å². The van der Waals surface area contributed by atoms with Crippen LogP contribution in [0.1, 0.15) is 0 Å². The second-order valence-electron chi connectivity index (χ2n) is 1.51. The summed E-state index contributed by atoms with van der Waals surface area (Å²) < 4.78 is 0. The molecule has 0 unspecified atom stereocenters. The standard InChI is InChI=1S/C5H11NO.2Na.H2O/c1-3-6(2)4-5-7;;;/h1,3-5H2,2H3;;;1H2/q-2;2*+1;/p-1. The van der Waals surface area contributed by atoms with Crippen molar-refractivity contribution >= 4 is 0 Å². The minimum Gasteiger partial charge on any atom is -0.870 e. The molecule has 0 saturated carbocycles. The fraction of sp³-hybridized carbons (Fsp3) is 0.800. The van der Waals surface area contributed by atoms with Crippen LogP contribution in [0, 0.1) is 6.92 Å². The molecule has 5 heteroatoms. The molecular formula is C5H12NNa2O2-. The zero-order valence-electron chi connectivity index (χ0n) is 7.13. The Kier molecular flexibility index (Phi) is 38.7. The van der Waals surface area contributed by atoms with E-state index >= 15 is 0 Å². The Bertz CT molecular complexity index is 48.6. The molecule has 0 aliphatic heterocycles. The van der Waals surface area contributed by atoms with E-state index in [1.165, 1.54) is 0 Å². The number of nitrogens with zero attached hydrogens (tertiary/aromatic N) is 1. The minimum absolute atomic E-state index is 0. The first-order valence-electron chi connectivity index (χ1n) is 2.37. The summed E-state index contributed by atoms with van der Waals surface area (Å²) in [7, 11) is 1.88. The van der Waals surface area contributed by atoms with Crippen molar-refractivity contribution in [1.29, 1.82) is 0 Å². The monoisotopic (exact) mass is 164 g/mol. The predicted molar refractivity (Wildman–Crippen MR) is 29.7 cm³/mol. The number of hydrogen-bond donors (Lipinski definition) is 0. The first-order chi connectivity index (χ1) is 3.31. The van der Waals surface area contributed by atoms with Gasteiger partial charge in [0.25, 0.3) is 0 Å². The first-order valence-corrected chi connectivity index (χ1v) is 2.37. The second-order valence-corrected chi connectivity index (χ2v) is 1.51. The van der Waals surface area contributed by atoms with Crippen molar-refractivity contribution in [2.45, 2.75) is 0 Å². The molecule has 52 valence electrons. The van der Waals surface area contributed by atoms with Crippen molar-refractivity contribution in [3.05, 3.63) is 6.92 Å². The third-order valence-corrected chi connectivity index (χ3v) is 0.855. The molecule has 3 nitrogen and oxygen atoms in total. The van der Waals surface area contributed by atoms with E-state index in [4.69, 9.17) is 0 Å². The summed E-state index contributed by atoms with van der Waals surface area (Å²) in [5.41, 5.74) is 0. The van der Waals surface area contributed by atoms with Crippen LogP contribution in [0.15, 0.2) is 0 Å². The molecule has 0 radical (unpaired) electrons. The molecule has 0 saturated heterocycles. The molecular weight excluding hydrogens is 152 g/mol. The largest absolute Gasteiger partial charge is 1.00 e. The molecule has 0 aliphatic carbocycles. The normalized spacial score (nSPS) is 7.20. The average Bonchev–Trinajstić information content (AvgIpc) is 1.68. The SMILES string of the molecule is [CH2-]CN(C)CC[O-].[Na+].[Na+].[OH-]. The zero-order valence-corrected chi connectivity index (χ0v) is 11.1. The molecule has 0 atom stereocenters. The molecule has 0 aromatic rings. The van der Waals surface area contributed by atoms with Crippen LogP contribution in [0.4, 0.5) is 0 Å². The van der Waals surface area contributed by atoms with Crippen LogP contribution in [0.5, 0.6) is 0 Å². The fourth-order valence-corrected chi connectivity index (χ4v) is 0.268. The Balaban J connectivity index is -0.0000000600. The topological polar surface area (TPSA) is 56.3 Å². The molecule has 0 aliphatic rings. The molecule has 0 aromatic heterocycles. The quantitative estimate of drug-likeness (QED) is 0.307. The molecule has 0 rings (SSSR count). The van der Waals surface area contributed by atoms with Gasteiger partial charge < -0.3 is 22.4 Å². The van der Waals surface area contributed by atoms with Crippen molar-refractivity contribution < 1.29 is 69.7 Å². The van der Waals surface area contributed by atoms with Crippen LogP contribution in [0.3, 0.4) is 0 Å².